The maximum Gasteiger partial charge on any atom is 0.0468 e. The third-order valence-electron chi connectivity index (χ3n) is 3.82. The Labute approximate surface area is 125 Å². The van der Waals surface area contributed by atoms with Crippen LogP contribution in [0, 0.1) is 11.8 Å². The van der Waals surface area contributed by atoms with Crippen LogP contribution in [0.2, 0.25) is 0 Å². The summed E-state index contributed by atoms with van der Waals surface area (Å²) in [7, 11) is 0. The van der Waals surface area contributed by atoms with Crippen LogP contribution < -0.4 is 0 Å². The van der Waals surface area contributed by atoms with Crippen LogP contribution in [0.5, 0.6) is 0 Å². The van der Waals surface area contributed by atoms with Crippen molar-refractivity contribution in [1.82, 2.24) is 0 Å². The predicted octanol–water partition coefficient (Wildman–Crippen LogP) is 3.77. The molecule has 0 saturated carbocycles. The van der Waals surface area contributed by atoms with Crippen LogP contribution in [0.15, 0.2) is 0 Å². The Bertz CT molecular complexity index is 177. The predicted molar refractivity (Wildman–Crippen MR) is 84.9 cm³/mol. The summed E-state index contributed by atoms with van der Waals surface area (Å²) in [6, 6.07) is 0. The molecule has 2 N–H and O–H groups in total. The summed E-state index contributed by atoms with van der Waals surface area (Å²) < 4.78 is 5.64. The lowest BCUT2D eigenvalue weighted by Crippen LogP contribution is -2.09. The van der Waals surface area contributed by atoms with Crippen LogP contribution in [0.4, 0.5) is 0 Å². The SMILES string of the molecule is CC(C)CCCCCCCOCCC(CCO)CCO. The number of ether oxygens (including phenoxy) is 1. The van der Waals surface area contributed by atoms with Gasteiger partial charge >= 0.3 is 0 Å². The maximum atomic E-state index is 8.92. The summed E-state index contributed by atoms with van der Waals surface area (Å²) in [5, 5.41) is 17.8. The highest BCUT2D eigenvalue weighted by Crippen LogP contribution is 2.13. The minimum absolute atomic E-state index is 0.209. The van der Waals surface area contributed by atoms with Crippen LogP contribution >= 0.6 is 0 Å². The Balaban J connectivity index is 3.22. The van der Waals surface area contributed by atoms with Gasteiger partial charge in [-0.15, -0.1) is 0 Å². The molecule has 0 saturated heterocycles. The fourth-order valence-electron chi connectivity index (χ4n) is 2.44. The van der Waals surface area contributed by atoms with E-state index in [0.29, 0.717) is 5.92 Å². The summed E-state index contributed by atoms with van der Waals surface area (Å²) in [6.07, 6.45) is 10.3. The first-order valence-electron chi connectivity index (χ1n) is 8.50. The number of aliphatic hydroxyl groups is 2. The van der Waals surface area contributed by atoms with E-state index in [1.54, 1.807) is 0 Å². The second-order valence-corrected chi connectivity index (χ2v) is 6.24. The minimum atomic E-state index is 0.209. The zero-order valence-electron chi connectivity index (χ0n) is 13.6. The molecule has 0 fully saturated rings. The molecule has 0 bridgehead atoms. The zero-order valence-corrected chi connectivity index (χ0v) is 13.6. The van der Waals surface area contributed by atoms with Crippen LogP contribution in [0.25, 0.3) is 0 Å². The standard InChI is InChI=1S/C17H36O3/c1-16(2)8-6-4-3-5-7-14-20-15-11-17(9-12-18)10-13-19/h16-19H,3-15H2,1-2H3. The van der Waals surface area contributed by atoms with E-state index in [0.717, 1.165) is 44.8 Å². The van der Waals surface area contributed by atoms with Crippen LogP contribution in [-0.4, -0.2) is 36.6 Å². The van der Waals surface area contributed by atoms with Gasteiger partial charge in [0, 0.05) is 26.4 Å². The molecular formula is C17H36O3. The first kappa shape index (κ1) is 19.9. The largest absolute Gasteiger partial charge is 0.396 e. The Morgan fingerprint density at radius 1 is 0.700 bits per heavy atom. The second-order valence-electron chi connectivity index (χ2n) is 6.24. The third kappa shape index (κ3) is 14.3. The lowest BCUT2D eigenvalue weighted by molar-refractivity contribution is 0.105. The topological polar surface area (TPSA) is 49.7 Å². The summed E-state index contributed by atoms with van der Waals surface area (Å²) in [6.45, 7) is 6.61. The number of unbranched alkanes of at least 4 members (excludes halogenated alkanes) is 4. The van der Waals surface area contributed by atoms with Crippen molar-refractivity contribution in [2.75, 3.05) is 26.4 Å². The van der Waals surface area contributed by atoms with E-state index in [4.69, 9.17) is 14.9 Å². The Kier molecular flexibility index (Phi) is 15.2. The quantitative estimate of drug-likeness (QED) is 0.451. The molecule has 122 valence electrons. The monoisotopic (exact) mass is 288 g/mol. The average molecular weight is 288 g/mol. The van der Waals surface area contributed by atoms with Crippen molar-refractivity contribution in [2.45, 2.75) is 71.6 Å². The van der Waals surface area contributed by atoms with Crippen molar-refractivity contribution in [3.05, 3.63) is 0 Å². The smallest absolute Gasteiger partial charge is 0.0468 e. The molecule has 0 aliphatic carbocycles. The van der Waals surface area contributed by atoms with Gasteiger partial charge in [-0.2, -0.15) is 0 Å². The first-order chi connectivity index (χ1) is 9.70. The molecule has 0 unspecified atom stereocenters. The molecule has 0 atom stereocenters. The van der Waals surface area contributed by atoms with Gasteiger partial charge in [0.05, 0.1) is 0 Å². The van der Waals surface area contributed by atoms with E-state index >= 15 is 0 Å². The zero-order chi connectivity index (χ0) is 15.1. The molecule has 0 amide bonds. The highest BCUT2D eigenvalue weighted by atomic mass is 16.5. The first-order valence-corrected chi connectivity index (χ1v) is 8.50. The molecule has 0 rings (SSSR count). The molecule has 3 nitrogen and oxygen atoms in total. The minimum Gasteiger partial charge on any atom is -0.396 e. The third-order valence-corrected chi connectivity index (χ3v) is 3.82. The van der Waals surface area contributed by atoms with Crippen molar-refractivity contribution < 1.29 is 14.9 Å². The number of hydrogen-bond acceptors (Lipinski definition) is 3. The van der Waals surface area contributed by atoms with Crippen molar-refractivity contribution in [2.24, 2.45) is 11.8 Å². The highest BCUT2D eigenvalue weighted by Gasteiger charge is 2.07. The summed E-state index contributed by atoms with van der Waals surface area (Å²) in [4.78, 5) is 0. The van der Waals surface area contributed by atoms with Crippen molar-refractivity contribution >= 4 is 0 Å². The van der Waals surface area contributed by atoms with Gasteiger partial charge in [0.15, 0.2) is 0 Å². The Morgan fingerprint density at radius 3 is 1.90 bits per heavy atom. The van der Waals surface area contributed by atoms with Crippen LogP contribution in [0.3, 0.4) is 0 Å². The van der Waals surface area contributed by atoms with E-state index in [1.807, 2.05) is 0 Å². The van der Waals surface area contributed by atoms with E-state index in [1.165, 1.54) is 32.1 Å². The van der Waals surface area contributed by atoms with Crippen LogP contribution in [-0.2, 0) is 4.74 Å². The molecule has 3 heteroatoms. The molecule has 0 heterocycles. The van der Waals surface area contributed by atoms with E-state index in [2.05, 4.69) is 13.8 Å². The van der Waals surface area contributed by atoms with Gasteiger partial charge in [0.2, 0.25) is 0 Å². The second kappa shape index (κ2) is 15.3. The number of rotatable bonds is 15. The molecule has 0 spiro atoms. The molecule has 0 radical (unpaired) electrons. The van der Waals surface area contributed by atoms with Gasteiger partial charge in [-0.3, -0.25) is 0 Å². The molecule has 0 aliphatic heterocycles. The van der Waals surface area contributed by atoms with Gasteiger partial charge in [-0.1, -0.05) is 46.0 Å². The van der Waals surface area contributed by atoms with Crippen molar-refractivity contribution in [3.63, 3.8) is 0 Å². The highest BCUT2D eigenvalue weighted by molar-refractivity contribution is 4.58. The maximum absolute atomic E-state index is 8.92. The Morgan fingerprint density at radius 2 is 1.30 bits per heavy atom. The molecule has 0 aliphatic rings. The lowest BCUT2D eigenvalue weighted by atomic mass is 9.99. The molecule has 0 aromatic rings. The summed E-state index contributed by atoms with van der Waals surface area (Å²) >= 11 is 0. The van der Waals surface area contributed by atoms with Gasteiger partial charge in [-0.25, -0.2) is 0 Å². The van der Waals surface area contributed by atoms with Gasteiger partial charge in [0.25, 0.3) is 0 Å². The molecule has 0 aromatic carbocycles. The van der Waals surface area contributed by atoms with Gasteiger partial charge in [0.1, 0.15) is 0 Å². The fraction of sp³-hybridized carbons (Fsp3) is 1.00. The average Bonchev–Trinajstić information content (AvgIpc) is 2.41. The molecule has 0 aromatic heterocycles. The van der Waals surface area contributed by atoms with Crippen LogP contribution in [0.1, 0.15) is 71.6 Å². The normalized spacial score (nSPS) is 11.7. The fourth-order valence-corrected chi connectivity index (χ4v) is 2.44. The number of aliphatic hydroxyl groups excluding tert-OH is 2. The van der Waals surface area contributed by atoms with Gasteiger partial charge < -0.3 is 14.9 Å². The Hall–Kier alpha value is -0.120. The van der Waals surface area contributed by atoms with Crippen molar-refractivity contribution in [1.29, 1.82) is 0 Å². The lowest BCUT2D eigenvalue weighted by Gasteiger charge is -2.14. The van der Waals surface area contributed by atoms with Gasteiger partial charge in [-0.05, 0) is 37.5 Å². The number of hydrogen-bond donors (Lipinski definition) is 2. The molecule has 20 heavy (non-hydrogen) atoms. The molecular weight excluding hydrogens is 252 g/mol. The summed E-state index contributed by atoms with van der Waals surface area (Å²) in [5.41, 5.74) is 0. The van der Waals surface area contributed by atoms with Crippen molar-refractivity contribution in [3.8, 4) is 0 Å². The van der Waals surface area contributed by atoms with E-state index < -0.39 is 0 Å². The van der Waals surface area contributed by atoms with E-state index in [-0.39, 0.29) is 13.2 Å². The summed E-state index contributed by atoms with van der Waals surface area (Å²) in [5.74, 6) is 1.24. The van der Waals surface area contributed by atoms with E-state index in [9.17, 15) is 0 Å².